The Balaban J connectivity index is 2.71. The fraction of sp³-hybridized carbons (Fsp3) is 0.364. The highest BCUT2D eigenvalue weighted by Gasteiger charge is 2.20. The predicted molar refractivity (Wildman–Crippen MR) is 67.2 cm³/mol. The maximum atomic E-state index is 11.7. The van der Waals surface area contributed by atoms with E-state index in [9.17, 15) is 9.59 Å². The van der Waals surface area contributed by atoms with Gasteiger partial charge in [-0.15, -0.1) is 0 Å². The van der Waals surface area contributed by atoms with Crippen LogP contribution in [-0.2, 0) is 9.59 Å². The van der Waals surface area contributed by atoms with E-state index < -0.39 is 11.8 Å². The molecular weight excluding hydrogens is 258 g/mol. The van der Waals surface area contributed by atoms with Crippen molar-refractivity contribution in [2.45, 2.75) is 6.92 Å². The normalized spacial score (nSPS) is 9.94. The van der Waals surface area contributed by atoms with Gasteiger partial charge in [0, 0.05) is 19.3 Å². The van der Waals surface area contributed by atoms with E-state index in [-0.39, 0.29) is 24.0 Å². The first kappa shape index (κ1) is 14.4. The highest BCUT2D eigenvalue weighted by atomic mass is 35.5. The van der Waals surface area contributed by atoms with Crippen molar-refractivity contribution in [2.24, 2.45) is 0 Å². The molecule has 0 unspecified atom stereocenters. The molecule has 0 radical (unpaired) electrons. The van der Waals surface area contributed by atoms with Gasteiger partial charge in [-0.25, -0.2) is 4.98 Å². The maximum Gasteiger partial charge on any atom is 0.313 e. The Morgan fingerprint density at radius 1 is 1.56 bits per heavy atom. The van der Waals surface area contributed by atoms with E-state index >= 15 is 0 Å². The Labute approximate surface area is 110 Å². The smallest absolute Gasteiger partial charge is 0.313 e. The number of halogens is 1. The topological polar surface area (TPSA) is 82.5 Å². The maximum absolute atomic E-state index is 11.7. The molecule has 7 heteroatoms. The van der Waals surface area contributed by atoms with Gasteiger partial charge in [-0.1, -0.05) is 11.6 Å². The molecule has 1 aromatic heterocycles. The monoisotopic (exact) mass is 271 g/mol. The van der Waals surface area contributed by atoms with Gasteiger partial charge in [-0.2, -0.15) is 0 Å². The van der Waals surface area contributed by atoms with Crippen molar-refractivity contribution in [1.82, 2.24) is 9.88 Å². The van der Waals surface area contributed by atoms with Crippen LogP contribution in [0.5, 0.6) is 0 Å². The van der Waals surface area contributed by atoms with Crippen molar-refractivity contribution in [1.29, 1.82) is 0 Å². The molecule has 0 spiro atoms. The van der Waals surface area contributed by atoms with Crippen LogP contribution in [0.25, 0.3) is 0 Å². The minimum absolute atomic E-state index is 0.115. The van der Waals surface area contributed by atoms with E-state index in [2.05, 4.69) is 10.3 Å². The molecule has 0 aliphatic carbocycles. The van der Waals surface area contributed by atoms with Crippen LogP contribution < -0.4 is 5.32 Å². The minimum atomic E-state index is -0.805. The van der Waals surface area contributed by atoms with Gasteiger partial charge in [0.2, 0.25) is 0 Å². The predicted octanol–water partition coefficient (Wildman–Crippen LogP) is 0.514. The first-order chi connectivity index (χ1) is 8.60. The van der Waals surface area contributed by atoms with Crippen LogP contribution >= 0.6 is 11.6 Å². The number of anilines is 1. The first-order valence-electron chi connectivity index (χ1n) is 5.41. The fourth-order valence-electron chi connectivity index (χ4n) is 1.32. The number of hydrogen-bond acceptors (Lipinski definition) is 4. The van der Waals surface area contributed by atoms with Crippen LogP contribution in [0.3, 0.4) is 0 Å². The van der Waals surface area contributed by atoms with Crippen molar-refractivity contribution >= 4 is 29.1 Å². The number of hydrogen-bond donors (Lipinski definition) is 2. The van der Waals surface area contributed by atoms with Crippen LogP contribution in [0, 0.1) is 0 Å². The summed E-state index contributed by atoms with van der Waals surface area (Å²) in [5.41, 5.74) is 0.276. The summed E-state index contributed by atoms with van der Waals surface area (Å²) in [6.07, 6.45) is 1.48. The summed E-state index contributed by atoms with van der Waals surface area (Å²) < 4.78 is 0. The molecule has 18 heavy (non-hydrogen) atoms. The van der Waals surface area contributed by atoms with Gasteiger partial charge in [0.05, 0.1) is 12.3 Å². The Hall–Kier alpha value is -1.66. The summed E-state index contributed by atoms with van der Waals surface area (Å²) >= 11 is 5.76. The molecular formula is C11H14ClN3O3. The molecule has 0 saturated carbocycles. The van der Waals surface area contributed by atoms with Gasteiger partial charge in [0.15, 0.2) is 5.15 Å². The second-order valence-corrected chi connectivity index (χ2v) is 3.76. The summed E-state index contributed by atoms with van der Waals surface area (Å²) in [5, 5.41) is 11.3. The zero-order valence-electron chi connectivity index (χ0n) is 9.89. The summed E-state index contributed by atoms with van der Waals surface area (Å²) in [6, 6.07) is 3.14. The van der Waals surface area contributed by atoms with Crippen molar-refractivity contribution in [3.05, 3.63) is 23.5 Å². The van der Waals surface area contributed by atoms with Crippen molar-refractivity contribution in [3.8, 4) is 0 Å². The average molecular weight is 272 g/mol. The number of aromatic nitrogens is 1. The third-order valence-corrected chi connectivity index (χ3v) is 2.54. The molecule has 0 bridgehead atoms. The van der Waals surface area contributed by atoms with E-state index in [0.717, 1.165) is 0 Å². The summed E-state index contributed by atoms with van der Waals surface area (Å²) in [7, 11) is 0. The molecule has 1 heterocycles. The number of carbonyl (C=O) groups excluding carboxylic acids is 2. The van der Waals surface area contributed by atoms with E-state index in [4.69, 9.17) is 16.7 Å². The number of aliphatic hydroxyl groups is 1. The molecule has 0 aliphatic heterocycles. The van der Waals surface area contributed by atoms with Crippen LogP contribution in [0.2, 0.25) is 5.15 Å². The zero-order chi connectivity index (χ0) is 13.5. The molecule has 2 amide bonds. The second-order valence-electron chi connectivity index (χ2n) is 3.40. The van der Waals surface area contributed by atoms with Crippen LogP contribution in [-0.4, -0.2) is 46.5 Å². The lowest BCUT2D eigenvalue weighted by atomic mass is 10.3. The Kier molecular flexibility index (Phi) is 5.54. The molecule has 1 aromatic rings. The van der Waals surface area contributed by atoms with E-state index in [0.29, 0.717) is 6.54 Å². The molecule has 0 saturated heterocycles. The molecule has 1 rings (SSSR count). The SMILES string of the molecule is CCN(CCO)C(=O)C(=O)Nc1cccnc1Cl. The highest BCUT2D eigenvalue weighted by molar-refractivity contribution is 6.41. The van der Waals surface area contributed by atoms with Crippen molar-refractivity contribution < 1.29 is 14.7 Å². The van der Waals surface area contributed by atoms with Gasteiger partial charge in [-0.3, -0.25) is 9.59 Å². The van der Waals surface area contributed by atoms with E-state index in [1.807, 2.05) is 0 Å². The molecule has 6 nitrogen and oxygen atoms in total. The quantitative estimate of drug-likeness (QED) is 0.618. The molecule has 2 N–H and O–H groups in total. The first-order valence-corrected chi connectivity index (χ1v) is 5.79. The number of nitrogens with zero attached hydrogens (tertiary/aromatic N) is 2. The average Bonchev–Trinajstić information content (AvgIpc) is 2.37. The number of carbonyl (C=O) groups is 2. The summed E-state index contributed by atoms with van der Waals surface area (Å²) in [4.78, 5) is 28.4. The largest absolute Gasteiger partial charge is 0.395 e. The molecule has 98 valence electrons. The van der Waals surface area contributed by atoms with Crippen molar-refractivity contribution in [2.75, 3.05) is 25.0 Å². The Morgan fingerprint density at radius 2 is 2.28 bits per heavy atom. The molecule has 0 aliphatic rings. The van der Waals surface area contributed by atoms with Crippen molar-refractivity contribution in [3.63, 3.8) is 0 Å². The zero-order valence-corrected chi connectivity index (χ0v) is 10.6. The number of nitrogens with one attached hydrogen (secondary N) is 1. The van der Waals surface area contributed by atoms with Crippen LogP contribution in [0.4, 0.5) is 5.69 Å². The number of likely N-dealkylation sites (N-methyl/N-ethyl adjacent to an activating group) is 1. The Bertz CT molecular complexity index is 439. The summed E-state index contributed by atoms with van der Waals surface area (Å²) in [5.74, 6) is -1.52. The third kappa shape index (κ3) is 3.68. The van der Waals surface area contributed by atoms with Gasteiger partial charge < -0.3 is 15.3 Å². The molecule has 0 atom stereocenters. The number of pyridine rings is 1. The van der Waals surface area contributed by atoms with Gasteiger partial charge in [0.1, 0.15) is 0 Å². The standard InChI is InChI=1S/C11H14ClN3O3/c1-2-15(6-7-16)11(18)10(17)14-8-4-3-5-13-9(8)12/h3-5,16H,2,6-7H2,1H3,(H,14,17). The third-order valence-electron chi connectivity index (χ3n) is 2.24. The van der Waals surface area contributed by atoms with E-state index in [1.165, 1.54) is 11.1 Å². The lowest BCUT2D eigenvalue weighted by Gasteiger charge is -2.18. The van der Waals surface area contributed by atoms with Gasteiger partial charge in [-0.05, 0) is 19.1 Å². The number of amides is 2. The minimum Gasteiger partial charge on any atom is -0.395 e. The summed E-state index contributed by atoms with van der Waals surface area (Å²) in [6.45, 7) is 1.98. The lowest BCUT2D eigenvalue weighted by Crippen LogP contribution is -2.41. The molecule has 0 fully saturated rings. The molecule has 0 aromatic carbocycles. The van der Waals surface area contributed by atoms with E-state index in [1.54, 1.807) is 19.1 Å². The fourth-order valence-corrected chi connectivity index (χ4v) is 1.49. The van der Waals surface area contributed by atoms with Gasteiger partial charge in [0.25, 0.3) is 0 Å². The van der Waals surface area contributed by atoms with Crippen LogP contribution in [0.1, 0.15) is 6.92 Å². The number of rotatable bonds is 4. The van der Waals surface area contributed by atoms with Crippen LogP contribution in [0.15, 0.2) is 18.3 Å². The lowest BCUT2D eigenvalue weighted by molar-refractivity contribution is -0.143. The second kappa shape index (κ2) is 6.93. The number of aliphatic hydroxyl groups excluding tert-OH is 1. The van der Waals surface area contributed by atoms with Gasteiger partial charge >= 0.3 is 11.8 Å². The highest BCUT2D eigenvalue weighted by Crippen LogP contribution is 2.17. The Morgan fingerprint density at radius 3 is 2.83 bits per heavy atom.